The van der Waals surface area contributed by atoms with E-state index in [1.807, 2.05) is 0 Å². The first-order chi connectivity index (χ1) is 27.8. The van der Waals surface area contributed by atoms with Crippen molar-refractivity contribution in [1.29, 1.82) is 0 Å². The fourth-order valence-electron chi connectivity index (χ4n) is 9.54. The van der Waals surface area contributed by atoms with Crippen LogP contribution in [0.15, 0.2) is 218 Å². The standard InChI is InChI=1S/C55H43N/c1-3-17-40(18-4-1)42(35-32-39-33-36-43(37-34-39)41-19-5-2-6-20-41)21-16-38-56-53-31-14-10-24-46(53)47-26-15-30-52-54(47)48-25-9-13-29-51(48)55(52)49-27-11-7-22-44(49)45-23-8-12-28-50(45)55/h1-7,9-22,24-33,35-36,38,56H,8,23,34,37H2/b35-32-,38-16+,42-21+. The van der Waals surface area contributed by atoms with Crippen LogP contribution in [0.2, 0.25) is 0 Å². The van der Waals surface area contributed by atoms with Crippen molar-refractivity contribution in [3.63, 3.8) is 0 Å². The molecule has 0 amide bonds. The third-order valence-corrected chi connectivity index (χ3v) is 12.0. The lowest BCUT2D eigenvalue weighted by molar-refractivity contribution is 0.780. The highest BCUT2D eigenvalue weighted by Gasteiger charge is 2.52. The molecular weight excluding hydrogens is 675 g/mol. The van der Waals surface area contributed by atoms with E-state index in [-0.39, 0.29) is 5.41 Å². The zero-order chi connectivity index (χ0) is 37.3. The summed E-state index contributed by atoms with van der Waals surface area (Å²) in [6.45, 7) is 0. The summed E-state index contributed by atoms with van der Waals surface area (Å²) in [4.78, 5) is 0. The van der Waals surface area contributed by atoms with Crippen LogP contribution in [0.1, 0.15) is 59.1 Å². The van der Waals surface area contributed by atoms with Crippen molar-refractivity contribution in [2.24, 2.45) is 0 Å². The van der Waals surface area contributed by atoms with Gasteiger partial charge in [0.25, 0.3) is 0 Å². The average molecular weight is 718 g/mol. The molecule has 1 N–H and O–H groups in total. The van der Waals surface area contributed by atoms with Gasteiger partial charge in [-0.2, -0.15) is 0 Å². The molecule has 1 spiro atoms. The van der Waals surface area contributed by atoms with Crippen LogP contribution in [0.25, 0.3) is 39.0 Å². The number of allylic oxidation sites excluding steroid dienone is 13. The van der Waals surface area contributed by atoms with Gasteiger partial charge in [0.05, 0.1) is 5.41 Å². The molecule has 0 bridgehead atoms. The van der Waals surface area contributed by atoms with Gasteiger partial charge >= 0.3 is 0 Å². The Morgan fingerprint density at radius 2 is 1.25 bits per heavy atom. The monoisotopic (exact) mass is 717 g/mol. The van der Waals surface area contributed by atoms with E-state index >= 15 is 0 Å². The normalized spacial score (nSPS) is 18.2. The van der Waals surface area contributed by atoms with Gasteiger partial charge in [0.1, 0.15) is 0 Å². The average Bonchev–Trinajstić information content (AvgIpc) is 3.75. The molecular formula is C55H43N. The van der Waals surface area contributed by atoms with Gasteiger partial charge in [-0.25, -0.2) is 0 Å². The second kappa shape index (κ2) is 14.5. The van der Waals surface area contributed by atoms with Crippen molar-refractivity contribution in [3.8, 4) is 22.3 Å². The second-order valence-electron chi connectivity index (χ2n) is 15.1. The Labute approximate surface area is 330 Å². The Bertz CT molecular complexity index is 2700. The number of benzene rings is 6. The van der Waals surface area contributed by atoms with E-state index in [1.54, 1.807) is 0 Å². The predicted molar refractivity (Wildman–Crippen MR) is 237 cm³/mol. The van der Waals surface area contributed by atoms with Gasteiger partial charge in [0.2, 0.25) is 0 Å². The maximum Gasteiger partial charge on any atom is 0.0722 e. The summed E-state index contributed by atoms with van der Waals surface area (Å²) in [5.41, 5.74) is 20.8. The van der Waals surface area contributed by atoms with E-state index in [9.17, 15) is 0 Å². The summed E-state index contributed by atoms with van der Waals surface area (Å²) >= 11 is 0. The molecule has 0 fully saturated rings. The third-order valence-electron chi connectivity index (χ3n) is 12.0. The van der Waals surface area contributed by atoms with E-state index in [4.69, 9.17) is 0 Å². The highest BCUT2D eigenvalue weighted by molar-refractivity contribution is 6.01. The summed E-state index contributed by atoms with van der Waals surface area (Å²) in [5.74, 6) is 0. The zero-order valence-electron chi connectivity index (χ0n) is 31.5. The molecule has 0 aliphatic heterocycles. The van der Waals surface area contributed by atoms with Crippen molar-refractivity contribution in [3.05, 3.63) is 251 Å². The number of para-hydroxylation sites is 1. The van der Waals surface area contributed by atoms with Crippen LogP contribution in [0.5, 0.6) is 0 Å². The second-order valence-corrected chi connectivity index (χ2v) is 15.1. The topological polar surface area (TPSA) is 12.0 Å². The van der Waals surface area contributed by atoms with Crippen molar-refractivity contribution in [2.45, 2.75) is 31.1 Å². The Balaban J connectivity index is 0.991. The lowest BCUT2D eigenvalue weighted by Gasteiger charge is -2.32. The molecule has 10 rings (SSSR count). The van der Waals surface area contributed by atoms with Crippen LogP contribution < -0.4 is 5.32 Å². The van der Waals surface area contributed by atoms with Crippen molar-refractivity contribution in [1.82, 2.24) is 0 Å². The van der Waals surface area contributed by atoms with Gasteiger partial charge in [-0.3, -0.25) is 0 Å². The fraction of sp³-hybridized carbons (Fsp3) is 0.0909. The van der Waals surface area contributed by atoms with E-state index < -0.39 is 0 Å². The summed E-state index contributed by atoms with van der Waals surface area (Å²) in [7, 11) is 0. The quantitative estimate of drug-likeness (QED) is 0.155. The van der Waals surface area contributed by atoms with Crippen molar-refractivity contribution >= 4 is 22.4 Å². The number of nitrogens with one attached hydrogen (secondary N) is 1. The summed E-state index contributed by atoms with van der Waals surface area (Å²) in [6.07, 6.45) is 24.5. The van der Waals surface area contributed by atoms with E-state index in [2.05, 4.69) is 212 Å². The van der Waals surface area contributed by atoms with Gasteiger partial charge < -0.3 is 5.32 Å². The first-order valence-corrected chi connectivity index (χ1v) is 20.0. The number of rotatable bonds is 8. The summed E-state index contributed by atoms with van der Waals surface area (Å²) < 4.78 is 0. The molecule has 56 heavy (non-hydrogen) atoms. The number of hydrogen-bond acceptors (Lipinski definition) is 1. The van der Waals surface area contributed by atoms with E-state index in [1.165, 1.54) is 83.5 Å². The predicted octanol–water partition coefficient (Wildman–Crippen LogP) is 14.2. The van der Waals surface area contributed by atoms with E-state index in [0.717, 1.165) is 31.4 Å². The molecule has 1 unspecified atom stereocenters. The van der Waals surface area contributed by atoms with Crippen LogP contribution in [0.4, 0.5) is 5.69 Å². The molecule has 268 valence electrons. The van der Waals surface area contributed by atoms with Crippen molar-refractivity contribution in [2.75, 3.05) is 5.32 Å². The summed E-state index contributed by atoms with van der Waals surface area (Å²) in [6, 6.07) is 55.3. The van der Waals surface area contributed by atoms with Gasteiger partial charge in [-0.1, -0.05) is 188 Å². The van der Waals surface area contributed by atoms with Gasteiger partial charge in [-0.15, -0.1) is 0 Å². The van der Waals surface area contributed by atoms with Crippen LogP contribution in [0, 0.1) is 0 Å². The molecule has 0 heterocycles. The summed E-state index contributed by atoms with van der Waals surface area (Å²) in [5, 5.41) is 3.69. The maximum absolute atomic E-state index is 3.69. The van der Waals surface area contributed by atoms with Crippen LogP contribution in [-0.2, 0) is 5.41 Å². The molecule has 0 aromatic heterocycles. The largest absolute Gasteiger partial charge is 0.361 e. The molecule has 0 saturated carbocycles. The Hall–Kier alpha value is -6.70. The molecule has 1 heteroatoms. The van der Waals surface area contributed by atoms with E-state index in [0.29, 0.717) is 0 Å². The van der Waals surface area contributed by atoms with Gasteiger partial charge in [0.15, 0.2) is 0 Å². The molecule has 6 aromatic rings. The van der Waals surface area contributed by atoms with Crippen LogP contribution >= 0.6 is 0 Å². The molecule has 1 nitrogen and oxygen atoms in total. The minimum Gasteiger partial charge on any atom is -0.361 e. The number of fused-ring (bicyclic) bond motifs is 9. The highest BCUT2D eigenvalue weighted by atomic mass is 14.8. The Kier molecular flexibility index (Phi) is 8.77. The Morgan fingerprint density at radius 3 is 2.05 bits per heavy atom. The minimum absolute atomic E-state index is 0.312. The fourth-order valence-corrected chi connectivity index (χ4v) is 9.54. The number of anilines is 1. The SMILES string of the molecule is C1=CC2=C(CC1)c1ccccc1C21c2ccccc2-c2c(-c3ccccc3N/C=C/C=C(\C=C/C3=CC=C(c4ccccc4)CC3)c3ccccc3)cccc21. The van der Waals surface area contributed by atoms with Crippen molar-refractivity contribution < 1.29 is 0 Å². The first-order valence-electron chi connectivity index (χ1n) is 20.0. The molecule has 1 atom stereocenters. The Morgan fingerprint density at radius 1 is 0.571 bits per heavy atom. The molecule has 0 radical (unpaired) electrons. The molecule has 4 aliphatic carbocycles. The lowest BCUT2D eigenvalue weighted by atomic mass is 9.69. The minimum atomic E-state index is -0.312. The maximum atomic E-state index is 3.69. The highest BCUT2D eigenvalue weighted by Crippen LogP contribution is 2.64. The molecule has 0 saturated heterocycles. The molecule has 4 aliphatic rings. The first kappa shape index (κ1) is 33.8. The van der Waals surface area contributed by atoms with Gasteiger partial charge in [-0.05, 0) is 116 Å². The van der Waals surface area contributed by atoms with Crippen LogP contribution in [-0.4, -0.2) is 0 Å². The van der Waals surface area contributed by atoms with Gasteiger partial charge in [0, 0.05) is 17.5 Å². The van der Waals surface area contributed by atoms with Crippen LogP contribution in [0.3, 0.4) is 0 Å². The third kappa shape index (κ3) is 5.71. The lowest BCUT2D eigenvalue weighted by Crippen LogP contribution is -2.27. The number of hydrogen-bond donors (Lipinski definition) is 1. The smallest absolute Gasteiger partial charge is 0.0722 e. The zero-order valence-corrected chi connectivity index (χ0v) is 31.5. The molecule has 6 aromatic carbocycles.